The summed E-state index contributed by atoms with van der Waals surface area (Å²) in [5.74, 6) is -7.12. The van der Waals surface area contributed by atoms with Gasteiger partial charge in [0.25, 0.3) is 0 Å². The van der Waals surface area contributed by atoms with Crippen LogP contribution in [0.5, 0.6) is 17.2 Å². The smallest absolute Gasteiger partial charge is 0.407 e. The highest BCUT2D eigenvalue weighted by atomic mass is 16.6. The summed E-state index contributed by atoms with van der Waals surface area (Å²) in [6.07, 6.45) is 0.611. The highest BCUT2D eigenvalue weighted by molar-refractivity contribution is 6.03. The van der Waals surface area contributed by atoms with Gasteiger partial charge in [-0.3, -0.25) is 28.8 Å². The van der Waals surface area contributed by atoms with E-state index in [1.165, 1.54) is 17.0 Å². The van der Waals surface area contributed by atoms with E-state index in [0.717, 1.165) is 16.5 Å². The average molecular weight is 1440 g/mol. The number of aromatic amines is 1. The zero-order chi connectivity index (χ0) is 74.8. The van der Waals surface area contributed by atoms with Crippen molar-refractivity contribution in [2.45, 2.75) is 100 Å². The van der Waals surface area contributed by atoms with Gasteiger partial charge in [-0.05, 0) is 106 Å². The Kier molecular flexibility index (Phi) is 24.7. The van der Waals surface area contributed by atoms with Gasteiger partial charge in [-0.2, -0.15) is 0 Å². The van der Waals surface area contributed by atoms with Gasteiger partial charge >= 0.3 is 18.0 Å². The summed E-state index contributed by atoms with van der Waals surface area (Å²) in [6.45, 7) is 0.617. The van der Waals surface area contributed by atoms with E-state index in [1.54, 1.807) is 134 Å². The standard InChI is InChI=1S/C58H66N10O9.C23H16O6/c59-27-13-12-22-46-52(69)64-47(30-38-23-25-42(26-24-38)76-36-39-16-6-2-7-17-39)53(70)66-49(31-37-14-4-1-5-15-37)57(74)68-35-43(77-58(75)61-29-28-60)33-50(68)55(72)67-51(40-18-8-3-9-19-40)56(73)65-48(54(71)63-46)32-41-34-62-45-21-11-10-20-44(41)45;24-20-16(14-7-3-1-5-12(14)9-18(20)22(26)27)11-17-15-8-4-2-6-13(15)10-19(21(17)25)23(28)29/h1-11,14-21,23-26,34,43,46-51,62H,12-13,22,27-33,35-36,59-60H2,(H,61,75)(H,63,71)(H,64,69)(H,65,73)(H,66,70)(H,67,72);1-10,24-25H,11H2,(H,26,27)(H,28,29)/t43-,46?,47?,48?,49?,50?,51?;/m1./s1. The van der Waals surface area contributed by atoms with Crippen molar-refractivity contribution in [3.63, 3.8) is 0 Å². The minimum atomic E-state index is -1.42. The Balaban J connectivity index is 0.000000320. The Morgan fingerprint density at radius 2 is 1.03 bits per heavy atom. The fraction of sp³-hybridized carbons (Fsp3) is 0.247. The van der Waals surface area contributed by atoms with Crippen molar-refractivity contribution in [2.75, 3.05) is 26.2 Å². The predicted molar refractivity (Wildman–Crippen MR) is 396 cm³/mol. The van der Waals surface area contributed by atoms with E-state index in [-0.39, 0.29) is 69.3 Å². The largest absolute Gasteiger partial charge is 0.507 e. The van der Waals surface area contributed by atoms with Crippen molar-refractivity contribution in [2.24, 2.45) is 11.5 Å². The van der Waals surface area contributed by atoms with Crippen LogP contribution in [-0.4, -0.2) is 146 Å². The molecular weight excluding hydrogens is 1350 g/mol. The molecular formula is C81H82N10O15. The Hall–Kier alpha value is -12.6. The number of aromatic nitrogens is 1. The fourth-order valence-corrected chi connectivity index (χ4v) is 13.3. The van der Waals surface area contributed by atoms with E-state index in [1.807, 2.05) is 60.7 Å². The number of aromatic hydroxyl groups is 2. The number of phenols is 2. The summed E-state index contributed by atoms with van der Waals surface area (Å²) in [5, 5.41) is 60.7. The van der Waals surface area contributed by atoms with Crippen LogP contribution in [0.1, 0.15) is 91.4 Å². The molecule has 7 atom stereocenters. The third-order valence-corrected chi connectivity index (χ3v) is 18.7. The maximum Gasteiger partial charge on any atom is 0.407 e. The molecule has 0 radical (unpaired) electrons. The quantitative estimate of drug-likeness (QED) is 0.0306. The third kappa shape index (κ3) is 18.4. The van der Waals surface area contributed by atoms with Crippen molar-refractivity contribution >= 4 is 85.9 Å². The average Bonchev–Trinajstić information content (AvgIpc) is 0.965. The molecule has 0 aliphatic carbocycles. The van der Waals surface area contributed by atoms with Crippen LogP contribution in [-0.2, 0) is 65.8 Å². The second kappa shape index (κ2) is 35.0. The van der Waals surface area contributed by atoms with Gasteiger partial charge in [-0.1, -0.05) is 170 Å². The molecule has 2 saturated heterocycles. The van der Waals surface area contributed by atoms with Gasteiger partial charge in [0, 0.05) is 73.4 Å². The molecule has 9 aromatic carbocycles. The monoisotopic (exact) mass is 1430 g/mol. The number of alkyl carbamates (subject to hydrolysis) is 1. The number of carbonyl (C=O) groups excluding carboxylic acids is 7. The van der Waals surface area contributed by atoms with Gasteiger partial charge in [-0.25, -0.2) is 14.4 Å². The minimum absolute atomic E-state index is 0.0385. The Morgan fingerprint density at radius 1 is 0.519 bits per heavy atom. The van der Waals surface area contributed by atoms with Gasteiger partial charge < -0.3 is 83.2 Å². The minimum Gasteiger partial charge on any atom is -0.507 e. The van der Waals surface area contributed by atoms with Crippen molar-refractivity contribution in [3.05, 3.63) is 256 Å². The number of rotatable bonds is 21. The number of carbonyl (C=O) groups is 9. The van der Waals surface area contributed by atoms with Gasteiger partial charge in [0.15, 0.2) is 0 Å². The van der Waals surface area contributed by atoms with Crippen molar-refractivity contribution in [1.82, 2.24) is 41.8 Å². The maximum absolute atomic E-state index is 15.3. The molecule has 0 saturated carbocycles. The summed E-state index contributed by atoms with van der Waals surface area (Å²) >= 11 is 0. The molecule has 7 amide bonds. The molecule has 0 spiro atoms. The second-order valence-electron chi connectivity index (χ2n) is 26.0. The number of unbranched alkanes of at least 4 members (excludes halogenated alkanes) is 1. The molecule has 6 unspecified atom stereocenters. The van der Waals surface area contributed by atoms with Crippen molar-refractivity contribution in [1.29, 1.82) is 0 Å². The van der Waals surface area contributed by atoms with Gasteiger partial charge in [0.1, 0.15) is 77.3 Å². The number of hydrogen-bond acceptors (Lipinski definition) is 15. The normalized spacial score (nSPS) is 18.7. The summed E-state index contributed by atoms with van der Waals surface area (Å²) in [4.78, 5) is 131. The Morgan fingerprint density at radius 3 is 1.63 bits per heavy atom. The number of nitrogens with zero attached hydrogens (tertiary/aromatic N) is 1. The molecule has 10 aromatic rings. The third-order valence-electron chi connectivity index (χ3n) is 18.7. The maximum atomic E-state index is 15.3. The number of aromatic carboxylic acids is 2. The Labute approximate surface area is 609 Å². The summed E-state index contributed by atoms with van der Waals surface area (Å²) < 4.78 is 11.8. The van der Waals surface area contributed by atoms with Crippen LogP contribution in [0.2, 0.25) is 0 Å². The lowest BCUT2D eigenvalue weighted by molar-refractivity contribution is -0.143. The first kappa shape index (κ1) is 74.6. The lowest BCUT2D eigenvalue weighted by atomic mass is 9.90. The number of para-hydroxylation sites is 1. The van der Waals surface area contributed by atoms with Crippen LogP contribution >= 0.6 is 0 Å². The van der Waals surface area contributed by atoms with E-state index in [4.69, 9.17) is 20.9 Å². The van der Waals surface area contributed by atoms with Crippen molar-refractivity contribution < 1.29 is 73.1 Å². The molecule has 106 heavy (non-hydrogen) atoms. The van der Waals surface area contributed by atoms with Crippen LogP contribution < -0.4 is 48.1 Å². The number of hydrogen-bond donors (Lipinski definition) is 13. The number of carboxylic acids is 2. The first-order valence-electron chi connectivity index (χ1n) is 34.8. The fourth-order valence-electron chi connectivity index (χ4n) is 13.3. The van der Waals surface area contributed by atoms with Crippen LogP contribution in [0.3, 0.4) is 0 Å². The molecule has 1 aromatic heterocycles. The second-order valence-corrected chi connectivity index (χ2v) is 26.0. The van der Waals surface area contributed by atoms with Crippen molar-refractivity contribution in [3.8, 4) is 17.2 Å². The molecule has 12 rings (SSSR count). The van der Waals surface area contributed by atoms with E-state index < -0.39 is 107 Å². The van der Waals surface area contributed by atoms with E-state index in [2.05, 4.69) is 36.9 Å². The lowest BCUT2D eigenvalue weighted by Crippen LogP contribution is -2.61. The number of ether oxygens (including phenoxy) is 2. The van der Waals surface area contributed by atoms with E-state index >= 15 is 9.59 Å². The summed E-state index contributed by atoms with van der Waals surface area (Å²) in [5.41, 5.74) is 15.8. The molecule has 25 nitrogen and oxygen atoms in total. The van der Waals surface area contributed by atoms with Crippen LogP contribution in [0, 0.1) is 0 Å². The molecule has 25 heteroatoms. The lowest BCUT2D eigenvalue weighted by Gasteiger charge is -2.32. The number of benzene rings is 9. The Bertz CT molecular complexity index is 4730. The molecule has 3 heterocycles. The van der Waals surface area contributed by atoms with Crippen LogP contribution in [0.4, 0.5) is 4.79 Å². The summed E-state index contributed by atoms with van der Waals surface area (Å²) in [6, 6.07) is 50.4. The first-order chi connectivity index (χ1) is 51.3. The predicted octanol–water partition coefficient (Wildman–Crippen LogP) is 7.76. The molecule has 2 fully saturated rings. The number of H-pyrrole nitrogens is 1. The van der Waals surface area contributed by atoms with Crippen LogP contribution in [0.25, 0.3) is 32.4 Å². The highest BCUT2D eigenvalue weighted by Gasteiger charge is 2.46. The zero-order valence-corrected chi connectivity index (χ0v) is 57.7. The number of nitrogens with two attached hydrogens (primary N) is 2. The molecule has 15 N–H and O–H groups in total. The zero-order valence-electron chi connectivity index (χ0n) is 57.7. The molecule has 0 bridgehead atoms. The molecule has 546 valence electrons. The number of nitrogens with one attached hydrogen (secondary N) is 7. The van der Waals surface area contributed by atoms with Crippen LogP contribution in [0.15, 0.2) is 206 Å². The number of carboxylic acid groups (broad SMARTS) is 2. The van der Waals surface area contributed by atoms with E-state index in [0.29, 0.717) is 86.7 Å². The van der Waals surface area contributed by atoms with E-state index in [9.17, 15) is 54.0 Å². The molecule has 2 aliphatic heterocycles. The first-order valence-corrected chi connectivity index (χ1v) is 34.8. The van der Waals surface area contributed by atoms with Gasteiger partial charge in [-0.15, -0.1) is 0 Å². The number of fused-ring (bicyclic) bond motifs is 4. The number of amides is 7. The topological polar surface area (TPSA) is 396 Å². The SMILES string of the molecule is NCCCCC1NC(=O)C(Cc2c[nH]c3ccccc23)NC(=O)C(c2ccccc2)NC(=O)C2C[C@@H](OC(=O)NCCN)CN2C(=O)C(Cc2ccccc2)NC(=O)C(Cc2ccc(OCc3ccccc3)cc2)NC1=O.O=C(O)c1cc2ccccc2c(Cc2c(O)c(C(=O)O)cc3ccccc23)c1O. The van der Waals surface area contributed by atoms with Gasteiger partial charge in [0.05, 0.1) is 6.54 Å². The highest BCUT2D eigenvalue weighted by Crippen LogP contribution is 2.39. The molecule has 2 aliphatic rings. The van der Waals surface area contributed by atoms with Gasteiger partial charge in [0.2, 0.25) is 35.4 Å². The summed E-state index contributed by atoms with van der Waals surface area (Å²) in [7, 11) is 0.